The minimum atomic E-state index is -0.0537. The van der Waals surface area contributed by atoms with Crippen molar-refractivity contribution in [2.24, 2.45) is 0 Å². The van der Waals surface area contributed by atoms with Gasteiger partial charge in [0.25, 0.3) is 0 Å². The Morgan fingerprint density at radius 2 is 1.67 bits per heavy atom. The lowest BCUT2D eigenvalue weighted by Crippen LogP contribution is -2.17. The van der Waals surface area contributed by atoms with E-state index in [-0.39, 0.29) is 5.91 Å². The summed E-state index contributed by atoms with van der Waals surface area (Å²) in [6.07, 6.45) is 0.333. The van der Waals surface area contributed by atoms with Gasteiger partial charge in [-0.25, -0.2) is 0 Å². The van der Waals surface area contributed by atoms with Crippen molar-refractivity contribution >= 4 is 22.4 Å². The number of benzene rings is 3. The molecule has 1 amide bonds. The Balaban J connectivity index is 1.47. The molecule has 0 fully saturated rings. The summed E-state index contributed by atoms with van der Waals surface area (Å²) in [4.78, 5) is 12.3. The van der Waals surface area contributed by atoms with Gasteiger partial charge in [0.05, 0.1) is 6.42 Å². The third-order valence-corrected chi connectivity index (χ3v) is 4.00. The molecular weight excluding hydrogens is 302 g/mol. The number of hydrogen-bond donors (Lipinski definition) is 1. The zero-order valence-corrected chi connectivity index (χ0v) is 13.1. The second-order valence-corrected chi connectivity index (χ2v) is 5.76. The molecule has 0 saturated heterocycles. The van der Waals surface area contributed by atoms with Crippen LogP contribution in [0, 0.1) is 0 Å². The molecule has 3 aromatic carbocycles. The molecule has 120 valence electrons. The molecule has 1 aliphatic rings. The van der Waals surface area contributed by atoms with Crippen LogP contribution in [0.5, 0.6) is 11.5 Å². The van der Waals surface area contributed by atoms with Crippen LogP contribution in [0.1, 0.15) is 5.56 Å². The molecule has 0 bridgehead atoms. The lowest BCUT2D eigenvalue weighted by Gasteiger charge is -2.19. The van der Waals surface area contributed by atoms with Gasteiger partial charge in [-0.2, -0.15) is 0 Å². The summed E-state index contributed by atoms with van der Waals surface area (Å²) in [5, 5.41) is 5.23. The van der Waals surface area contributed by atoms with Crippen molar-refractivity contribution in [2.45, 2.75) is 6.42 Å². The van der Waals surface area contributed by atoms with E-state index in [4.69, 9.17) is 9.47 Å². The Morgan fingerprint density at radius 3 is 2.54 bits per heavy atom. The summed E-state index contributed by atoms with van der Waals surface area (Å²) in [7, 11) is 0. The summed E-state index contributed by atoms with van der Waals surface area (Å²) in [5.74, 6) is 1.33. The topological polar surface area (TPSA) is 47.6 Å². The van der Waals surface area contributed by atoms with Crippen molar-refractivity contribution in [3.05, 3.63) is 66.2 Å². The average molecular weight is 319 g/mol. The number of amides is 1. The third kappa shape index (κ3) is 3.04. The lowest BCUT2D eigenvalue weighted by atomic mass is 10.0. The monoisotopic (exact) mass is 319 g/mol. The van der Waals surface area contributed by atoms with E-state index in [1.807, 2.05) is 36.4 Å². The smallest absolute Gasteiger partial charge is 0.228 e. The van der Waals surface area contributed by atoms with Crippen LogP contribution in [-0.2, 0) is 11.2 Å². The first-order chi connectivity index (χ1) is 11.8. The highest BCUT2D eigenvalue weighted by Gasteiger charge is 2.13. The molecule has 4 heteroatoms. The van der Waals surface area contributed by atoms with Crippen molar-refractivity contribution < 1.29 is 14.3 Å². The summed E-state index contributed by atoms with van der Waals surface area (Å²) in [5.41, 5.74) is 1.70. The van der Waals surface area contributed by atoms with Crippen LogP contribution in [0.2, 0.25) is 0 Å². The molecule has 0 aliphatic carbocycles. The maximum absolute atomic E-state index is 12.3. The number of rotatable bonds is 3. The van der Waals surface area contributed by atoms with Gasteiger partial charge in [0.15, 0.2) is 11.5 Å². The number of nitrogens with one attached hydrogen (secondary N) is 1. The van der Waals surface area contributed by atoms with E-state index in [1.165, 1.54) is 5.39 Å². The minimum Gasteiger partial charge on any atom is -0.486 e. The highest BCUT2D eigenvalue weighted by atomic mass is 16.6. The highest BCUT2D eigenvalue weighted by molar-refractivity contribution is 5.93. The third-order valence-electron chi connectivity index (χ3n) is 4.00. The van der Waals surface area contributed by atoms with Crippen LogP contribution in [0.4, 0.5) is 5.69 Å². The first-order valence-corrected chi connectivity index (χ1v) is 7.95. The lowest BCUT2D eigenvalue weighted by molar-refractivity contribution is -0.115. The summed E-state index contributed by atoms with van der Waals surface area (Å²) >= 11 is 0. The molecular formula is C20H17NO3. The number of ether oxygens (including phenoxy) is 2. The van der Waals surface area contributed by atoms with Crippen LogP contribution < -0.4 is 14.8 Å². The SMILES string of the molecule is O=C(Cc1ccc2ccccc2c1)Nc1ccc2c(c1)OCCO2. The second-order valence-electron chi connectivity index (χ2n) is 5.76. The molecule has 0 radical (unpaired) electrons. The molecule has 1 heterocycles. The predicted octanol–water partition coefficient (Wildman–Crippen LogP) is 3.79. The molecule has 4 rings (SSSR count). The fourth-order valence-corrected chi connectivity index (χ4v) is 2.86. The van der Waals surface area contributed by atoms with Crippen LogP contribution in [-0.4, -0.2) is 19.1 Å². The summed E-state index contributed by atoms with van der Waals surface area (Å²) in [6, 6.07) is 19.7. The fourth-order valence-electron chi connectivity index (χ4n) is 2.86. The molecule has 0 saturated carbocycles. The average Bonchev–Trinajstić information content (AvgIpc) is 2.61. The van der Waals surface area contributed by atoms with Gasteiger partial charge in [-0.3, -0.25) is 4.79 Å². The molecule has 0 atom stereocenters. The van der Waals surface area contributed by atoms with Crippen molar-refractivity contribution in [1.29, 1.82) is 0 Å². The van der Waals surface area contributed by atoms with Crippen molar-refractivity contribution in [3.63, 3.8) is 0 Å². The fraction of sp³-hybridized carbons (Fsp3) is 0.150. The van der Waals surface area contributed by atoms with E-state index in [2.05, 4.69) is 23.5 Å². The van der Waals surface area contributed by atoms with E-state index < -0.39 is 0 Å². The number of anilines is 1. The molecule has 1 N–H and O–H groups in total. The van der Waals surface area contributed by atoms with Crippen molar-refractivity contribution in [1.82, 2.24) is 0 Å². The zero-order chi connectivity index (χ0) is 16.4. The Morgan fingerprint density at radius 1 is 0.875 bits per heavy atom. The van der Waals surface area contributed by atoms with Crippen LogP contribution in [0.15, 0.2) is 60.7 Å². The first-order valence-electron chi connectivity index (χ1n) is 7.95. The van der Waals surface area contributed by atoms with Crippen LogP contribution >= 0.6 is 0 Å². The van der Waals surface area contributed by atoms with Crippen molar-refractivity contribution in [2.75, 3.05) is 18.5 Å². The van der Waals surface area contributed by atoms with Gasteiger partial charge in [0.2, 0.25) is 5.91 Å². The largest absolute Gasteiger partial charge is 0.486 e. The van der Waals surface area contributed by atoms with Gasteiger partial charge >= 0.3 is 0 Å². The molecule has 3 aromatic rings. The van der Waals surface area contributed by atoms with Crippen molar-refractivity contribution in [3.8, 4) is 11.5 Å². The Hall–Kier alpha value is -3.01. The summed E-state index contributed by atoms with van der Waals surface area (Å²) < 4.78 is 11.0. The van der Waals surface area contributed by atoms with Gasteiger partial charge < -0.3 is 14.8 Å². The Bertz CT molecular complexity index is 904. The molecule has 0 aromatic heterocycles. The van der Waals surface area contributed by atoms with Gasteiger partial charge in [0.1, 0.15) is 13.2 Å². The minimum absolute atomic E-state index is 0.0537. The standard InChI is InChI=1S/C20H17NO3/c22-20(12-14-5-6-15-3-1-2-4-16(15)11-14)21-17-7-8-18-19(13-17)24-10-9-23-18/h1-8,11,13H,9-10,12H2,(H,21,22). The number of hydrogen-bond acceptors (Lipinski definition) is 3. The highest BCUT2D eigenvalue weighted by Crippen LogP contribution is 2.32. The molecule has 4 nitrogen and oxygen atoms in total. The quantitative estimate of drug-likeness (QED) is 0.799. The Kier molecular flexibility index (Phi) is 3.79. The summed E-state index contributed by atoms with van der Waals surface area (Å²) in [6.45, 7) is 1.09. The maximum Gasteiger partial charge on any atom is 0.228 e. The first kappa shape index (κ1) is 14.6. The molecule has 0 unspecified atom stereocenters. The normalized spacial score (nSPS) is 12.8. The van der Waals surface area contributed by atoms with Crippen LogP contribution in [0.3, 0.4) is 0 Å². The van der Waals surface area contributed by atoms with Gasteiger partial charge in [0, 0.05) is 11.8 Å². The number of carbonyl (C=O) groups excluding carboxylic acids is 1. The number of fused-ring (bicyclic) bond motifs is 2. The van der Waals surface area contributed by atoms with Crippen LogP contribution in [0.25, 0.3) is 10.8 Å². The van der Waals surface area contributed by atoms with E-state index in [1.54, 1.807) is 6.07 Å². The maximum atomic E-state index is 12.3. The van der Waals surface area contributed by atoms with Gasteiger partial charge in [-0.1, -0.05) is 42.5 Å². The second kappa shape index (κ2) is 6.24. The van der Waals surface area contributed by atoms with Gasteiger partial charge in [-0.15, -0.1) is 0 Å². The van der Waals surface area contributed by atoms with E-state index in [9.17, 15) is 4.79 Å². The molecule has 0 spiro atoms. The van der Waals surface area contributed by atoms with E-state index in [0.29, 0.717) is 36.8 Å². The van der Waals surface area contributed by atoms with Gasteiger partial charge in [-0.05, 0) is 28.5 Å². The zero-order valence-electron chi connectivity index (χ0n) is 13.1. The molecule has 1 aliphatic heterocycles. The predicted molar refractivity (Wildman–Crippen MR) is 93.7 cm³/mol. The van der Waals surface area contributed by atoms with E-state index >= 15 is 0 Å². The Labute approximate surface area is 140 Å². The number of carbonyl (C=O) groups is 1. The molecule has 24 heavy (non-hydrogen) atoms. The van der Waals surface area contributed by atoms with E-state index in [0.717, 1.165) is 10.9 Å².